The lowest BCUT2D eigenvalue weighted by atomic mass is 10.1. The van der Waals surface area contributed by atoms with E-state index in [1.54, 1.807) is 43.5 Å². The molecule has 31 heavy (non-hydrogen) atoms. The van der Waals surface area contributed by atoms with Gasteiger partial charge in [0.2, 0.25) is 11.7 Å². The Bertz CT molecular complexity index is 1090. The number of methoxy groups -OCH3 is 1. The molecule has 1 aliphatic heterocycles. The monoisotopic (exact) mass is 415 g/mol. The Labute approximate surface area is 180 Å². The third kappa shape index (κ3) is 5.27. The highest BCUT2D eigenvalue weighted by molar-refractivity contribution is 6.02. The standard InChI is InChI=1S/C24H21N3O4/c1-29-21-15-17(16-22-24(21)31-14-13-30-22)7-12-23(28)25-18-8-10-20(11-9-18)27-26-19-5-3-2-4-6-19/h2-12,15-16H,13-14H2,1H3,(H,25,28)/b12-7+,27-26?. The Morgan fingerprint density at radius 1 is 0.968 bits per heavy atom. The largest absolute Gasteiger partial charge is 0.493 e. The first-order chi connectivity index (χ1) is 15.2. The van der Waals surface area contributed by atoms with E-state index in [1.165, 1.54) is 6.08 Å². The third-order valence-electron chi connectivity index (χ3n) is 4.45. The zero-order valence-electron chi connectivity index (χ0n) is 16.9. The van der Waals surface area contributed by atoms with Crippen LogP contribution in [0.25, 0.3) is 6.08 Å². The number of carbonyl (C=O) groups is 1. The van der Waals surface area contributed by atoms with Crippen LogP contribution in [0.5, 0.6) is 17.2 Å². The second kappa shape index (κ2) is 9.58. The molecule has 1 amide bonds. The minimum absolute atomic E-state index is 0.257. The molecule has 0 aliphatic carbocycles. The summed E-state index contributed by atoms with van der Waals surface area (Å²) in [6.07, 6.45) is 3.15. The second-order valence-electron chi connectivity index (χ2n) is 6.65. The predicted molar refractivity (Wildman–Crippen MR) is 119 cm³/mol. The number of fused-ring (bicyclic) bond motifs is 1. The molecule has 0 fully saturated rings. The number of amides is 1. The van der Waals surface area contributed by atoms with Gasteiger partial charge >= 0.3 is 0 Å². The fraction of sp³-hybridized carbons (Fsp3) is 0.125. The highest BCUT2D eigenvalue weighted by Crippen LogP contribution is 2.40. The molecule has 0 unspecified atom stereocenters. The zero-order chi connectivity index (χ0) is 21.5. The number of anilines is 1. The van der Waals surface area contributed by atoms with Crippen LogP contribution in [-0.4, -0.2) is 26.2 Å². The van der Waals surface area contributed by atoms with E-state index in [9.17, 15) is 4.79 Å². The van der Waals surface area contributed by atoms with Gasteiger partial charge in [-0.1, -0.05) is 18.2 Å². The summed E-state index contributed by atoms with van der Waals surface area (Å²) in [6, 6.07) is 20.2. The molecule has 0 aromatic heterocycles. The van der Waals surface area contributed by atoms with Gasteiger partial charge in [0, 0.05) is 11.8 Å². The van der Waals surface area contributed by atoms with Gasteiger partial charge in [0.15, 0.2) is 11.5 Å². The number of carbonyl (C=O) groups excluding carboxylic acids is 1. The number of hydrogen-bond acceptors (Lipinski definition) is 6. The molecule has 4 rings (SSSR count). The van der Waals surface area contributed by atoms with E-state index < -0.39 is 0 Å². The molecule has 0 spiro atoms. The van der Waals surface area contributed by atoms with Crippen LogP contribution in [0.2, 0.25) is 0 Å². The maximum Gasteiger partial charge on any atom is 0.248 e. The Morgan fingerprint density at radius 2 is 1.68 bits per heavy atom. The molecule has 7 heteroatoms. The summed E-state index contributed by atoms with van der Waals surface area (Å²) in [4.78, 5) is 12.3. The van der Waals surface area contributed by atoms with Crippen molar-refractivity contribution in [3.63, 3.8) is 0 Å². The molecule has 3 aromatic carbocycles. The van der Waals surface area contributed by atoms with Crippen LogP contribution < -0.4 is 19.5 Å². The highest BCUT2D eigenvalue weighted by atomic mass is 16.6. The van der Waals surface area contributed by atoms with Crippen molar-refractivity contribution in [1.29, 1.82) is 0 Å². The van der Waals surface area contributed by atoms with E-state index in [1.807, 2.05) is 36.4 Å². The lowest BCUT2D eigenvalue weighted by molar-refractivity contribution is -0.111. The van der Waals surface area contributed by atoms with Gasteiger partial charge in [-0.15, -0.1) is 0 Å². The van der Waals surface area contributed by atoms with Crippen molar-refractivity contribution in [1.82, 2.24) is 0 Å². The number of benzene rings is 3. The van der Waals surface area contributed by atoms with Crippen LogP contribution in [0.4, 0.5) is 17.1 Å². The van der Waals surface area contributed by atoms with Gasteiger partial charge in [0.05, 0.1) is 18.5 Å². The van der Waals surface area contributed by atoms with Gasteiger partial charge < -0.3 is 19.5 Å². The van der Waals surface area contributed by atoms with Gasteiger partial charge in [-0.2, -0.15) is 10.2 Å². The van der Waals surface area contributed by atoms with Gasteiger partial charge in [-0.05, 0) is 60.2 Å². The van der Waals surface area contributed by atoms with Crippen molar-refractivity contribution in [2.24, 2.45) is 10.2 Å². The summed E-state index contributed by atoms with van der Waals surface area (Å²) >= 11 is 0. The first-order valence-electron chi connectivity index (χ1n) is 9.75. The van der Waals surface area contributed by atoms with Crippen molar-refractivity contribution >= 4 is 29.0 Å². The number of azo groups is 1. The smallest absolute Gasteiger partial charge is 0.248 e. The minimum atomic E-state index is -0.257. The lowest BCUT2D eigenvalue weighted by Crippen LogP contribution is -2.16. The number of hydrogen-bond donors (Lipinski definition) is 1. The molecule has 0 saturated heterocycles. The van der Waals surface area contributed by atoms with Crippen molar-refractivity contribution in [3.05, 3.63) is 78.4 Å². The molecule has 1 N–H and O–H groups in total. The number of ether oxygens (including phenoxy) is 3. The Hall–Kier alpha value is -4.13. The predicted octanol–water partition coefficient (Wildman–Crippen LogP) is 5.53. The summed E-state index contributed by atoms with van der Waals surface area (Å²) in [5.41, 5.74) is 2.91. The molecule has 0 radical (unpaired) electrons. The van der Waals surface area contributed by atoms with Crippen molar-refractivity contribution in [2.45, 2.75) is 0 Å². The van der Waals surface area contributed by atoms with E-state index in [0.29, 0.717) is 41.8 Å². The van der Waals surface area contributed by atoms with Crippen molar-refractivity contribution in [3.8, 4) is 17.2 Å². The number of nitrogens with one attached hydrogen (secondary N) is 1. The maximum atomic E-state index is 12.3. The molecular formula is C24H21N3O4. The fourth-order valence-corrected chi connectivity index (χ4v) is 2.97. The van der Waals surface area contributed by atoms with Crippen molar-refractivity contribution in [2.75, 3.05) is 25.6 Å². The Morgan fingerprint density at radius 3 is 2.42 bits per heavy atom. The summed E-state index contributed by atoms with van der Waals surface area (Å²) in [5.74, 6) is 1.50. The highest BCUT2D eigenvalue weighted by Gasteiger charge is 2.17. The lowest BCUT2D eigenvalue weighted by Gasteiger charge is -2.20. The average Bonchev–Trinajstić information content (AvgIpc) is 2.82. The van der Waals surface area contributed by atoms with Crippen LogP contribution >= 0.6 is 0 Å². The number of nitrogens with zero attached hydrogens (tertiary/aromatic N) is 2. The number of rotatable bonds is 6. The summed E-state index contributed by atoms with van der Waals surface area (Å²) in [5, 5.41) is 11.2. The first-order valence-corrected chi connectivity index (χ1v) is 9.75. The molecule has 156 valence electrons. The average molecular weight is 415 g/mol. The van der Waals surface area contributed by atoms with Gasteiger partial charge in [-0.25, -0.2) is 0 Å². The molecule has 3 aromatic rings. The fourth-order valence-electron chi connectivity index (χ4n) is 2.97. The van der Waals surface area contributed by atoms with Crippen molar-refractivity contribution < 1.29 is 19.0 Å². The molecule has 1 aliphatic rings. The summed E-state index contributed by atoms with van der Waals surface area (Å²) in [6.45, 7) is 0.956. The quantitative estimate of drug-likeness (QED) is 0.424. The minimum Gasteiger partial charge on any atom is -0.493 e. The van der Waals surface area contributed by atoms with Crippen LogP contribution in [-0.2, 0) is 4.79 Å². The second-order valence-corrected chi connectivity index (χ2v) is 6.65. The molecule has 0 bridgehead atoms. The van der Waals surface area contributed by atoms with Gasteiger partial charge in [0.25, 0.3) is 0 Å². The normalized spacial score (nSPS) is 12.8. The van der Waals surface area contributed by atoms with E-state index in [0.717, 1.165) is 11.3 Å². The van der Waals surface area contributed by atoms with Gasteiger partial charge in [0.1, 0.15) is 13.2 Å². The van der Waals surface area contributed by atoms with Crippen LogP contribution in [0.3, 0.4) is 0 Å². The zero-order valence-corrected chi connectivity index (χ0v) is 16.9. The maximum absolute atomic E-state index is 12.3. The summed E-state index contributed by atoms with van der Waals surface area (Å²) < 4.78 is 16.6. The molecule has 7 nitrogen and oxygen atoms in total. The third-order valence-corrected chi connectivity index (χ3v) is 4.45. The Kier molecular flexibility index (Phi) is 6.23. The Balaban J connectivity index is 1.38. The molecule has 0 saturated carbocycles. The van der Waals surface area contributed by atoms with Crippen LogP contribution in [0.1, 0.15) is 5.56 Å². The van der Waals surface area contributed by atoms with E-state index in [2.05, 4.69) is 15.5 Å². The molecule has 0 atom stereocenters. The van der Waals surface area contributed by atoms with Crippen LogP contribution in [0, 0.1) is 0 Å². The summed E-state index contributed by atoms with van der Waals surface area (Å²) in [7, 11) is 1.57. The SMILES string of the molecule is COc1cc(/C=C/C(=O)Nc2ccc(N=Nc3ccccc3)cc2)cc2c1OCCO2. The van der Waals surface area contributed by atoms with Crippen LogP contribution in [0.15, 0.2) is 83.0 Å². The van der Waals surface area contributed by atoms with E-state index >= 15 is 0 Å². The molecular weight excluding hydrogens is 394 g/mol. The van der Waals surface area contributed by atoms with E-state index in [-0.39, 0.29) is 5.91 Å². The first kappa shape index (κ1) is 20.2. The molecule has 1 heterocycles. The van der Waals surface area contributed by atoms with E-state index in [4.69, 9.17) is 14.2 Å². The topological polar surface area (TPSA) is 81.5 Å². The van der Waals surface area contributed by atoms with Gasteiger partial charge in [-0.3, -0.25) is 4.79 Å².